The number of rotatable bonds is 6. The number of hydrogen-bond donors (Lipinski definition) is 1. The van der Waals surface area contributed by atoms with Crippen LogP contribution in [0.4, 0.5) is 0 Å². The summed E-state index contributed by atoms with van der Waals surface area (Å²) in [4.78, 5) is 0. The van der Waals surface area contributed by atoms with E-state index in [1.165, 1.54) is 0 Å². The number of aliphatic hydroxyl groups excluding tert-OH is 1. The molecular weight excluding hydrogens is 244 g/mol. The molecule has 0 spiro atoms. The summed E-state index contributed by atoms with van der Waals surface area (Å²) >= 11 is 0. The Kier molecular flexibility index (Phi) is 5.79. The summed E-state index contributed by atoms with van der Waals surface area (Å²) in [5, 5.41) is 9.89. The zero-order chi connectivity index (χ0) is 13.5. The Bertz CT molecular complexity index is 354. The highest BCUT2D eigenvalue weighted by atomic mass is 16.7. The highest BCUT2D eigenvalue weighted by Crippen LogP contribution is 2.21. The third kappa shape index (κ3) is 4.58. The molecule has 4 nitrogen and oxygen atoms in total. The van der Waals surface area contributed by atoms with Crippen molar-refractivity contribution in [1.82, 2.24) is 0 Å². The van der Waals surface area contributed by atoms with E-state index in [9.17, 15) is 5.11 Å². The fraction of sp³-hybridized carbons (Fsp3) is 0.600. The average molecular weight is 266 g/mol. The molecule has 1 aliphatic rings. The van der Waals surface area contributed by atoms with Crippen molar-refractivity contribution in [3.05, 3.63) is 35.9 Å². The Morgan fingerprint density at radius 1 is 1.26 bits per heavy atom. The summed E-state index contributed by atoms with van der Waals surface area (Å²) in [6.45, 7) is 3.49. The van der Waals surface area contributed by atoms with E-state index in [1.54, 1.807) is 0 Å². The first-order valence-corrected chi connectivity index (χ1v) is 6.86. The van der Waals surface area contributed by atoms with Crippen LogP contribution in [0.25, 0.3) is 0 Å². The quantitative estimate of drug-likeness (QED) is 0.856. The molecule has 1 aliphatic heterocycles. The summed E-state index contributed by atoms with van der Waals surface area (Å²) in [6, 6.07) is 9.97. The van der Waals surface area contributed by atoms with Crippen molar-refractivity contribution < 1.29 is 19.3 Å². The summed E-state index contributed by atoms with van der Waals surface area (Å²) in [5.41, 5.74) is 1.12. The predicted molar refractivity (Wildman–Crippen MR) is 71.6 cm³/mol. The number of benzene rings is 1. The van der Waals surface area contributed by atoms with E-state index < -0.39 is 6.10 Å². The van der Waals surface area contributed by atoms with Crippen molar-refractivity contribution in [1.29, 1.82) is 0 Å². The van der Waals surface area contributed by atoms with Crippen molar-refractivity contribution in [2.45, 2.75) is 44.9 Å². The lowest BCUT2D eigenvalue weighted by Gasteiger charge is -2.33. The van der Waals surface area contributed by atoms with Gasteiger partial charge in [-0.15, -0.1) is 0 Å². The first-order chi connectivity index (χ1) is 9.29. The van der Waals surface area contributed by atoms with Gasteiger partial charge in [-0.2, -0.15) is 0 Å². The Balaban J connectivity index is 1.74. The molecule has 0 bridgehead atoms. The standard InChI is InChI=1S/C15H22O4/c1-2-18-15-9-8-13(16)14(19-15)11-17-10-12-6-4-3-5-7-12/h3-7,13-16H,2,8-11H2,1H3/t13-,14-,15+/m1/s1. The van der Waals surface area contributed by atoms with E-state index in [4.69, 9.17) is 14.2 Å². The van der Waals surface area contributed by atoms with E-state index in [0.717, 1.165) is 12.0 Å². The fourth-order valence-electron chi connectivity index (χ4n) is 2.17. The summed E-state index contributed by atoms with van der Waals surface area (Å²) in [7, 11) is 0. The molecule has 106 valence electrons. The van der Waals surface area contributed by atoms with Crippen molar-refractivity contribution in [2.75, 3.05) is 13.2 Å². The second-order valence-corrected chi connectivity index (χ2v) is 4.70. The first-order valence-electron chi connectivity index (χ1n) is 6.86. The molecule has 3 atom stereocenters. The topological polar surface area (TPSA) is 47.9 Å². The molecule has 1 saturated heterocycles. The Morgan fingerprint density at radius 3 is 2.79 bits per heavy atom. The number of aliphatic hydroxyl groups is 1. The molecule has 0 amide bonds. The molecule has 2 rings (SSSR count). The van der Waals surface area contributed by atoms with Gasteiger partial charge >= 0.3 is 0 Å². The first kappa shape index (κ1) is 14.5. The lowest BCUT2D eigenvalue weighted by molar-refractivity contribution is -0.232. The van der Waals surface area contributed by atoms with Crippen LogP contribution in [-0.2, 0) is 20.8 Å². The smallest absolute Gasteiger partial charge is 0.158 e. The molecule has 0 saturated carbocycles. The molecule has 1 heterocycles. The van der Waals surface area contributed by atoms with Crippen LogP contribution >= 0.6 is 0 Å². The van der Waals surface area contributed by atoms with Gasteiger partial charge in [0.05, 0.1) is 19.3 Å². The molecule has 4 heteroatoms. The van der Waals surface area contributed by atoms with E-state index >= 15 is 0 Å². The van der Waals surface area contributed by atoms with E-state index in [0.29, 0.717) is 26.2 Å². The van der Waals surface area contributed by atoms with Crippen LogP contribution in [0.1, 0.15) is 25.3 Å². The highest BCUT2D eigenvalue weighted by Gasteiger charge is 2.30. The van der Waals surface area contributed by atoms with Crippen molar-refractivity contribution in [2.24, 2.45) is 0 Å². The van der Waals surface area contributed by atoms with Crippen LogP contribution in [0.15, 0.2) is 30.3 Å². The van der Waals surface area contributed by atoms with Gasteiger partial charge in [0, 0.05) is 13.0 Å². The minimum Gasteiger partial charge on any atom is -0.390 e. The summed E-state index contributed by atoms with van der Waals surface area (Å²) in [5.74, 6) is 0. The monoisotopic (exact) mass is 266 g/mol. The zero-order valence-corrected chi connectivity index (χ0v) is 11.3. The lowest BCUT2D eigenvalue weighted by atomic mass is 10.1. The molecule has 0 unspecified atom stereocenters. The second kappa shape index (κ2) is 7.60. The normalized spacial score (nSPS) is 27.4. The average Bonchev–Trinajstić information content (AvgIpc) is 2.44. The van der Waals surface area contributed by atoms with Gasteiger partial charge in [0.2, 0.25) is 0 Å². The molecule has 1 aromatic rings. The maximum absolute atomic E-state index is 9.89. The Morgan fingerprint density at radius 2 is 2.05 bits per heavy atom. The van der Waals surface area contributed by atoms with Crippen LogP contribution in [0, 0.1) is 0 Å². The van der Waals surface area contributed by atoms with Gasteiger partial charge < -0.3 is 19.3 Å². The van der Waals surface area contributed by atoms with E-state index in [1.807, 2.05) is 37.3 Å². The van der Waals surface area contributed by atoms with Crippen molar-refractivity contribution in [3.63, 3.8) is 0 Å². The largest absolute Gasteiger partial charge is 0.390 e. The van der Waals surface area contributed by atoms with Crippen LogP contribution in [0.2, 0.25) is 0 Å². The molecular formula is C15H22O4. The van der Waals surface area contributed by atoms with Gasteiger partial charge in [0.25, 0.3) is 0 Å². The molecule has 0 aliphatic carbocycles. The van der Waals surface area contributed by atoms with Gasteiger partial charge in [-0.05, 0) is 18.9 Å². The number of ether oxygens (including phenoxy) is 3. The molecule has 0 aromatic heterocycles. The van der Waals surface area contributed by atoms with E-state index in [-0.39, 0.29) is 12.4 Å². The Labute approximate surface area is 114 Å². The fourth-order valence-corrected chi connectivity index (χ4v) is 2.17. The van der Waals surface area contributed by atoms with Crippen LogP contribution in [-0.4, -0.2) is 36.8 Å². The summed E-state index contributed by atoms with van der Waals surface area (Å²) < 4.78 is 16.7. The minimum atomic E-state index is -0.465. The molecule has 1 fully saturated rings. The maximum Gasteiger partial charge on any atom is 0.158 e. The SMILES string of the molecule is CCO[C@@H]1CC[C@@H](O)[C@@H](COCc2ccccc2)O1. The molecule has 0 radical (unpaired) electrons. The molecule has 19 heavy (non-hydrogen) atoms. The van der Waals surface area contributed by atoms with Crippen LogP contribution < -0.4 is 0 Å². The van der Waals surface area contributed by atoms with E-state index in [2.05, 4.69) is 0 Å². The summed E-state index contributed by atoms with van der Waals surface area (Å²) in [6.07, 6.45) is 0.467. The van der Waals surface area contributed by atoms with Crippen LogP contribution in [0.3, 0.4) is 0 Å². The highest BCUT2D eigenvalue weighted by molar-refractivity contribution is 5.13. The van der Waals surface area contributed by atoms with Gasteiger partial charge in [0.15, 0.2) is 6.29 Å². The van der Waals surface area contributed by atoms with Crippen molar-refractivity contribution >= 4 is 0 Å². The van der Waals surface area contributed by atoms with Gasteiger partial charge in [-0.1, -0.05) is 30.3 Å². The third-order valence-electron chi connectivity index (χ3n) is 3.20. The molecule has 1 N–H and O–H groups in total. The molecule has 1 aromatic carbocycles. The second-order valence-electron chi connectivity index (χ2n) is 4.70. The Hall–Kier alpha value is -0.940. The zero-order valence-electron chi connectivity index (χ0n) is 11.3. The van der Waals surface area contributed by atoms with Gasteiger partial charge in [-0.3, -0.25) is 0 Å². The minimum absolute atomic E-state index is 0.210. The number of hydrogen-bond acceptors (Lipinski definition) is 4. The lowest BCUT2D eigenvalue weighted by Crippen LogP contribution is -2.42. The maximum atomic E-state index is 9.89. The van der Waals surface area contributed by atoms with Gasteiger partial charge in [0.1, 0.15) is 6.10 Å². The van der Waals surface area contributed by atoms with Crippen molar-refractivity contribution in [3.8, 4) is 0 Å². The van der Waals surface area contributed by atoms with Crippen LogP contribution in [0.5, 0.6) is 0 Å². The third-order valence-corrected chi connectivity index (χ3v) is 3.20. The predicted octanol–water partition coefficient (Wildman–Crippen LogP) is 2.11. The van der Waals surface area contributed by atoms with Gasteiger partial charge in [-0.25, -0.2) is 0 Å².